The van der Waals surface area contributed by atoms with Gasteiger partial charge < -0.3 is 19.4 Å². The Hall–Kier alpha value is -2.60. The molecule has 20 heavy (non-hydrogen) atoms. The summed E-state index contributed by atoms with van der Waals surface area (Å²) in [4.78, 5) is 10.8. The summed E-state index contributed by atoms with van der Waals surface area (Å²) in [5, 5.41) is 16.5. The number of rotatable bonds is 5. The Labute approximate surface area is 114 Å². The number of hydrogen-bond donors (Lipinski definition) is 2. The van der Waals surface area contributed by atoms with Crippen LogP contribution in [0.15, 0.2) is 45.5 Å². The number of aromatic nitrogens is 1. The van der Waals surface area contributed by atoms with Crippen molar-refractivity contribution in [2.45, 2.75) is 13.1 Å². The van der Waals surface area contributed by atoms with Crippen molar-refractivity contribution in [1.29, 1.82) is 0 Å². The number of carbonyl (C=O) groups is 1. The molecule has 0 radical (unpaired) electrons. The van der Waals surface area contributed by atoms with Gasteiger partial charge in [0.25, 0.3) is 0 Å². The Kier molecular flexibility index (Phi) is 3.22. The van der Waals surface area contributed by atoms with Crippen molar-refractivity contribution in [2.75, 3.05) is 0 Å². The first-order valence-corrected chi connectivity index (χ1v) is 6.08. The van der Waals surface area contributed by atoms with Crippen LogP contribution in [-0.2, 0) is 13.1 Å². The lowest BCUT2D eigenvalue weighted by atomic mass is 10.1. The molecule has 102 valence electrons. The fraction of sp³-hybridized carbons (Fsp3) is 0.143. The molecule has 3 aromatic rings. The van der Waals surface area contributed by atoms with E-state index in [0.717, 1.165) is 16.7 Å². The van der Waals surface area contributed by atoms with Crippen molar-refractivity contribution < 1.29 is 18.8 Å². The first-order chi connectivity index (χ1) is 9.72. The van der Waals surface area contributed by atoms with E-state index in [1.165, 1.54) is 6.07 Å². The first-order valence-electron chi connectivity index (χ1n) is 6.08. The molecule has 0 atom stereocenters. The van der Waals surface area contributed by atoms with Crippen LogP contribution in [0.1, 0.15) is 21.9 Å². The number of benzene rings is 1. The number of carboxylic acid groups (broad SMARTS) is 1. The third-order valence-electron chi connectivity index (χ3n) is 2.91. The topological polar surface area (TPSA) is 88.5 Å². The molecule has 6 nitrogen and oxygen atoms in total. The van der Waals surface area contributed by atoms with Crippen LogP contribution in [0.2, 0.25) is 0 Å². The van der Waals surface area contributed by atoms with Crippen molar-refractivity contribution in [3.8, 4) is 0 Å². The number of nitrogens with zero attached hydrogens (tertiary/aromatic N) is 1. The van der Waals surface area contributed by atoms with Gasteiger partial charge in [-0.15, -0.1) is 0 Å². The molecule has 1 aromatic carbocycles. The van der Waals surface area contributed by atoms with Crippen molar-refractivity contribution in [1.82, 2.24) is 10.5 Å². The number of nitrogens with one attached hydrogen (secondary N) is 1. The summed E-state index contributed by atoms with van der Waals surface area (Å²) in [6, 6.07) is 8.89. The zero-order chi connectivity index (χ0) is 13.9. The predicted octanol–water partition coefficient (Wildman–Crippen LogP) is 2.41. The fourth-order valence-electron chi connectivity index (χ4n) is 1.97. The zero-order valence-electron chi connectivity index (χ0n) is 10.5. The zero-order valence-corrected chi connectivity index (χ0v) is 10.5. The van der Waals surface area contributed by atoms with Crippen LogP contribution in [0.3, 0.4) is 0 Å². The van der Waals surface area contributed by atoms with Crippen LogP contribution in [0.4, 0.5) is 0 Å². The fourth-order valence-corrected chi connectivity index (χ4v) is 1.97. The van der Waals surface area contributed by atoms with Gasteiger partial charge in [0.1, 0.15) is 11.3 Å². The smallest absolute Gasteiger partial charge is 0.371 e. The van der Waals surface area contributed by atoms with E-state index in [1.807, 2.05) is 12.1 Å². The summed E-state index contributed by atoms with van der Waals surface area (Å²) in [5.41, 5.74) is 1.61. The molecule has 2 N–H and O–H groups in total. The Balaban J connectivity index is 1.70. The molecule has 0 aliphatic carbocycles. The molecule has 3 rings (SSSR count). The summed E-state index contributed by atoms with van der Waals surface area (Å²) in [5.74, 6) is -0.347. The van der Waals surface area contributed by atoms with Gasteiger partial charge in [-0.2, -0.15) is 0 Å². The molecule has 0 saturated heterocycles. The van der Waals surface area contributed by atoms with Crippen molar-refractivity contribution in [2.24, 2.45) is 0 Å². The molecule has 0 bridgehead atoms. The predicted molar refractivity (Wildman–Crippen MR) is 70.2 cm³/mol. The van der Waals surface area contributed by atoms with Gasteiger partial charge in [0.05, 0.1) is 12.7 Å². The first kappa shape index (κ1) is 12.4. The van der Waals surface area contributed by atoms with Crippen molar-refractivity contribution in [3.05, 3.63) is 53.6 Å². The van der Waals surface area contributed by atoms with Crippen LogP contribution in [0.5, 0.6) is 0 Å². The highest BCUT2D eigenvalue weighted by Crippen LogP contribution is 2.20. The van der Waals surface area contributed by atoms with Crippen LogP contribution in [0, 0.1) is 0 Å². The third kappa shape index (κ3) is 2.55. The van der Waals surface area contributed by atoms with E-state index < -0.39 is 5.97 Å². The molecular formula is C14H12N2O4. The maximum Gasteiger partial charge on any atom is 0.371 e. The van der Waals surface area contributed by atoms with Crippen molar-refractivity contribution >= 4 is 16.9 Å². The molecule has 2 heterocycles. The Morgan fingerprint density at radius 2 is 2.15 bits per heavy atom. The number of fused-ring (bicyclic) bond motifs is 1. The quantitative estimate of drug-likeness (QED) is 0.741. The molecule has 0 unspecified atom stereocenters. The summed E-state index contributed by atoms with van der Waals surface area (Å²) in [6.07, 6.45) is 1.60. The maximum atomic E-state index is 10.8. The van der Waals surface area contributed by atoms with E-state index in [1.54, 1.807) is 18.3 Å². The van der Waals surface area contributed by atoms with Gasteiger partial charge >= 0.3 is 5.97 Å². The lowest BCUT2D eigenvalue weighted by Crippen LogP contribution is -2.11. The van der Waals surface area contributed by atoms with Gasteiger partial charge in [0, 0.05) is 18.0 Å². The maximum absolute atomic E-state index is 10.8. The monoisotopic (exact) mass is 272 g/mol. The molecule has 0 saturated carbocycles. The van der Waals surface area contributed by atoms with Gasteiger partial charge in [-0.3, -0.25) is 0 Å². The lowest BCUT2D eigenvalue weighted by molar-refractivity contribution is 0.0665. The Morgan fingerprint density at radius 1 is 1.25 bits per heavy atom. The Bertz CT molecular complexity index is 731. The number of carboxylic acids is 1. The minimum absolute atomic E-state index is 0.0493. The van der Waals surface area contributed by atoms with Gasteiger partial charge in [-0.05, 0) is 23.8 Å². The van der Waals surface area contributed by atoms with Crippen LogP contribution in [0.25, 0.3) is 11.0 Å². The highest BCUT2D eigenvalue weighted by Gasteiger charge is 2.10. The summed E-state index contributed by atoms with van der Waals surface area (Å²) in [6.45, 7) is 1.23. The highest BCUT2D eigenvalue weighted by molar-refractivity contribution is 5.91. The van der Waals surface area contributed by atoms with E-state index >= 15 is 0 Å². The van der Waals surface area contributed by atoms with Crippen molar-refractivity contribution in [3.63, 3.8) is 0 Å². The van der Waals surface area contributed by atoms with E-state index in [0.29, 0.717) is 18.7 Å². The summed E-state index contributed by atoms with van der Waals surface area (Å²) < 4.78 is 10.2. The second-order valence-electron chi connectivity index (χ2n) is 4.37. The third-order valence-corrected chi connectivity index (χ3v) is 2.91. The van der Waals surface area contributed by atoms with Crippen LogP contribution in [-0.4, -0.2) is 16.2 Å². The normalized spacial score (nSPS) is 11.0. The SMILES string of the molecule is O=C(O)c1cc2cc(CNCc3ccno3)ccc2o1. The second kappa shape index (κ2) is 5.18. The molecule has 0 spiro atoms. The van der Waals surface area contributed by atoms with E-state index in [2.05, 4.69) is 10.5 Å². The molecule has 2 aromatic heterocycles. The molecule has 0 aliphatic heterocycles. The Morgan fingerprint density at radius 3 is 2.90 bits per heavy atom. The minimum atomic E-state index is -1.06. The number of furan rings is 1. The van der Waals surface area contributed by atoms with E-state index in [4.69, 9.17) is 14.0 Å². The molecule has 0 amide bonds. The van der Waals surface area contributed by atoms with Gasteiger partial charge in [0.15, 0.2) is 0 Å². The van der Waals surface area contributed by atoms with Crippen LogP contribution < -0.4 is 5.32 Å². The van der Waals surface area contributed by atoms with Gasteiger partial charge in [-0.1, -0.05) is 11.2 Å². The second-order valence-corrected chi connectivity index (χ2v) is 4.37. The summed E-state index contributed by atoms with van der Waals surface area (Å²) in [7, 11) is 0. The highest BCUT2D eigenvalue weighted by atomic mass is 16.5. The van der Waals surface area contributed by atoms with Crippen LogP contribution >= 0.6 is 0 Å². The van der Waals surface area contributed by atoms with E-state index in [-0.39, 0.29) is 5.76 Å². The standard InChI is InChI=1S/C14H12N2O4/c17-14(18)13-6-10-5-9(1-2-12(10)19-13)7-15-8-11-3-4-16-20-11/h1-6,15H,7-8H2,(H,17,18). The molecule has 6 heteroatoms. The molecule has 0 fully saturated rings. The van der Waals surface area contributed by atoms with E-state index in [9.17, 15) is 4.79 Å². The minimum Gasteiger partial charge on any atom is -0.475 e. The van der Waals surface area contributed by atoms with Gasteiger partial charge in [0.2, 0.25) is 5.76 Å². The molecule has 0 aliphatic rings. The molecular weight excluding hydrogens is 260 g/mol. The number of hydrogen-bond acceptors (Lipinski definition) is 5. The average molecular weight is 272 g/mol. The largest absolute Gasteiger partial charge is 0.475 e. The van der Waals surface area contributed by atoms with Gasteiger partial charge in [-0.25, -0.2) is 4.79 Å². The lowest BCUT2D eigenvalue weighted by Gasteiger charge is -2.02. The average Bonchev–Trinajstić information content (AvgIpc) is 3.06. The number of aromatic carboxylic acids is 1. The summed E-state index contributed by atoms with van der Waals surface area (Å²) >= 11 is 0.